The van der Waals surface area contributed by atoms with Crippen LogP contribution in [0.1, 0.15) is 18.2 Å². The maximum Gasteiger partial charge on any atom is 0.352 e. The van der Waals surface area contributed by atoms with Crippen LogP contribution in [0.2, 0.25) is 0 Å². The lowest BCUT2D eigenvalue weighted by Crippen LogP contribution is -2.28. The molecule has 1 aromatic heterocycles. The number of aliphatic hydroxyl groups excluding tert-OH is 2. The van der Waals surface area contributed by atoms with Crippen molar-refractivity contribution in [2.45, 2.75) is 31.3 Å². The first-order valence-corrected chi connectivity index (χ1v) is 5.88. The molecular formula is C11H14N2O5. The van der Waals surface area contributed by atoms with E-state index in [0.29, 0.717) is 18.9 Å². The van der Waals surface area contributed by atoms with Gasteiger partial charge in [0.2, 0.25) is 5.88 Å². The van der Waals surface area contributed by atoms with Gasteiger partial charge in [-0.05, 0) is 0 Å². The Labute approximate surface area is 103 Å². The van der Waals surface area contributed by atoms with Crippen LogP contribution in [-0.4, -0.2) is 45.2 Å². The number of nitrogens with zero attached hydrogens (tertiary/aromatic N) is 2. The van der Waals surface area contributed by atoms with Gasteiger partial charge in [0.05, 0.1) is 19.3 Å². The molecule has 3 rings (SSSR count). The van der Waals surface area contributed by atoms with Crippen molar-refractivity contribution in [3.63, 3.8) is 0 Å². The molecule has 0 unspecified atom stereocenters. The van der Waals surface area contributed by atoms with Crippen molar-refractivity contribution in [3.05, 3.63) is 22.2 Å². The van der Waals surface area contributed by atoms with Crippen LogP contribution in [0, 0.1) is 0 Å². The quantitative estimate of drug-likeness (QED) is 0.690. The summed E-state index contributed by atoms with van der Waals surface area (Å²) < 4.78 is 12.0. The van der Waals surface area contributed by atoms with Crippen LogP contribution in [0.15, 0.2) is 11.0 Å². The van der Waals surface area contributed by atoms with Crippen LogP contribution in [0.5, 0.6) is 5.88 Å². The van der Waals surface area contributed by atoms with Crippen molar-refractivity contribution in [2.75, 3.05) is 13.2 Å². The molecule has 3 atom stereocenters. The Balaban J connectivity index is 1.92. The van der Waals surface area contributed by atoms with Gasteiger partial charge in [-0.25, -0.2) is 4.79 Å². The normalized spacial score (nSPS) is 30.2. The van der Waals surface area contributed by atoms with Gasteiger partial charge in [0.25, 0.3) is 0 Å². The third-order valence-corrected chi connectivity index (χ3v) is 3.29. The second-order valence-electron chi connectivity index (χ2n) is 4.47. The van der Waals surface area contributed by atoms with E-state index in [-0.39, 0.29) is 13.0 Å². The summed E-state index contributed by atoms with van der Waals surface area (Å²) in [5, 5.41) is 18.7. The fourth-order valence-electron chi connectivity index (χ4n) is 2.31. The first-order chi connectivity index (χ1) is 8.69. The number of ether oxygens (including phenoxy) is 2. The summed E-state index contributed by atoms with van der Waals surface area (Å²) in [4.78, 5) is 15.7. The smallest absolute Gasteiger partial charge is 0.352 e. The summed E-state index contributed by atoms with van der Waals surface area (Å²) in [7, 11) is 0. The SMILES string of the molecule is O=c1nc2c(cn1[C@@H]1C[C@@H](O)[C@H](CO)O1)CCO2. The average Bonchev–Trinajstić information content (AvgIpc) is 2.93. The van der Waals surface area contributed by atoms with Gasteiger partial charge in [0.1, 0.15) is 12.3 Å². The Morgan fingerprint density at radius 2 is 2.39 bits per heavy atom. The van der Waals surface area contributed by atoms with Gasteiger partial charge >= 0.3 is 5.69 Å². The second kappa shape index (κ2) is 4.34. The van der Waals surface area contributed by atoms with E-state index >= 15 is 0 Å². The lowest BCUT2D eigenvalue weighted by Gasteiger charge is -2.14. The maximum absolute atomic E-state index is 11.8. The Hall–Kier alpha value is -1.44. The molecular weight excluding hydrogens is 240 g/mol. The van der Waals surface area contributed by atoms with E-state index in [9.17, 15) is 9.90 Å². The number of aliphatic hydroxyl groups is 2. The van der Waals surface area contributed by atoms with E-state index in [0.717, 1.165) is 5.56 Å². The molecule has 0 radical (unpaired) electrons. The fourth-order valence-corrected chi connectivity index (χ4v) is 2.31. The summed E-state index contributed by atoms with van der Waals surface area (Å²) >= 11 is 0. The van der Waals surface area contributed by atoms with Crippen LogP contribution in [0.25, 0.3) is 0 Å². The highest BCUT2D eigenvalue weighted by molar-refractivity contribution is 5.26. The highest BCUT2D eigenvalue weighted by Crippen LogP contribution is 2.29. The molecule has 1 saturated heterocycles. The number of hydrogen-bond acceptors (Lipinski definition) is 6. The topological polar surface area (TPSA) is 93.8 Å². The minimum Gasteiger partial charge on any atom is -0.477 e. The van der Waals surface area contributed by atoms with E-state index in [2.05, 4.69) is 4.98 Å². The molecule has 18 heavy (non-hydrogen) atoms. The second-order valence-corrected chi connectivity index (χ2v) is 4.47. The third-order valence-electron chi connectivity index (χ3n) is 3.29. The molecule has 0 aliphatic carbocycles. The van der Waals surface area contributed by atoms with Crippen LogP contribution >= 0.6 is 0 Å². The highest BCUT2D eigenvalue weighted by Gasteiger charge is 2.35. The van der Waals surface area contributed by atoms with E-state index in [1.165, 1.54) is 4.57 Å². The van der Waals surface area contributed by atoms with Gasteiger partial charge in [-0.15, -0.1) is 0 Å². The molecule has 0 saturated carbocycles. The zero-order chi connectivity index (χ0) is 12.7. The molecule has 2 aliphatic heterocycles. The number of hydrogen-bond donors (Lipinski definition) is 2. The van der Waals surface area contributed by atoms with Gasteiger partial charge in [0, 0.05) is 24.6 Å². The number of aromatic nitrogens is 2. The summed E-state index contributed by atoms with van der Waals surface area (Å²) in [5.41, 5.74) is 0.395. The summed E-state index contributed by atoms with van der Waals surface area (Å²) in [6.45, 7) is 0.257. The van der Waals surface area contributed by atoms with Crippen molar-refractivity contribution in [2.24, 2.45) is 0 Å². The van der Waals surface area contributed by atoms with Crippen LogP contribution in [0.3, 0.4) is 0 Å². The molecule has 1 aromatic rings. The first kappa shape index (κ1) is 11.6. The van der Waals surface area contributed by atoms with E-state index in [1.807, 2.05) is 0 Å². The Morgan fingerprint density at radius 3 is 3.11 bits per heavy atom. The van der Waals surface area contributed by atoms with Gasteiger partial charge in [-0.2, -0.15) is 4.98 Å². The monoisotopic (exact) mass is 254 g/mol. The molecule has 1 fully saturated rings. The van der Waals surface area contributed by atoms with Crippen molar-refractivity contribution in [1.82, 2.24) is 9.55 Å². The molecule has 0 bridgehead atoms. The van der Waals surface area contributed by atoms with Gasteiger partial charge in [-0.1, -0.05) is 0 Å². The molecule has 3 heterocycles. The van der Waals surface area contributed by atoms with Crippen molar-refractivity contribution >= 4 is 0 Å². The number of rotatable bonds is 2. The largest absolute Gasteiger partial charge is 0.477 e. The summed E-state index contributed by atoms with van der Waals surface area (Å²) in [6, 6.07) is 0. The Kier molecular flexibility index (Phi) is 2.81. The summed E-state index contributed by atoms with van der Waals surface area (Å²) in [5.74, 6) is 0.383. The lowest BCUT2D eigenvalue weighted by atomic mass is 10.2. The Bertz CT molecular complexity index is 515. The van der Waals surface area contributed by atoms with Gasteiger partial charge < -0.3 is 19.7 Å². The molecule has 7 nitrogen and oxygen atoms in total. The molecule has 0 aromatic carbocycles. The summed E-state index contributed by atoms with van der Waals surface area (Å²) in [6.07, 6.45) is 0.647. The fraction of sp³-hybridized carbons (Fsp3) is 0.636. The molecule has 2 aliphatic rings. The molecule has 0 amide bonds. The van der Waals surface area contributed by atoms with Crippen molar-refractivity contribution in [1.29, 1.82) is 0 Å². The average molecular weight is 254 g/mol. The van der Waals surface area contributed by atoms with E-state index in [1.54, 1.807) is 6.20 Å². The highest BCUT2D eigenvalue weighted by atomic mass is 16.5. The van der Waals surface area contributed by atoms with Crippen LogP contribution in [0.4, 0.5) is 0 Å². The molecule has 0 spiro atoms. The van der Waals surface area contributed by atoms with Crippen molar-refractivity contribution in [3.8, 4) is 5.88 Å². The van der Waals surface area contributed by atoms with E-state index < -0.39 is 24.1 Å². The molecule has 98 valence electrons. The van der Waals surface area contributed by atoms with Gasteiger partial charge in [-0.3, -0.25) is 4.57 Å². The lowest BCUT2D eigenvalue weighted by molar-refractivity contribution is -0.0459. The Morgan fingerprint density at radius 1 is 1.56 bits per heavy atom. The zero-order valence-corrected chi connectivity index (χ0v) is 9.65. The minimum absolute atomic E-state index is 0.270. The predicted molar refractivity (Wildman–Crippen MR) is 59.3 cm³/mol. The van der Waals surface area contributed by atoms with Crippen molar-refractivity contribution < 1.29 is 19.7 Å². The van der Waals surface area contributed by atoms with Crippen LogP contribution in [-0.2, 0) is 11.2 Å². The molecule has 7 heteroatoms. The van der Waals surface area contributed by atoms with Gasteiger partial charge in [0.15, 0.2) is 0 Å². The molecule has 2 N–H and O–H groups in total. The number of fused-ring (bicyclic) bond motifs is 1. The maximum atomic E-state index is 11.8. The zero-order valence-electron chi connectivity index (χ0n) is 9.65. The first-order valence-electron chi connectivity index (χ1n) is 5.88. The minimum atomic E-state index is -0.767. The standard InChI is InChI=1S/C11H14N2O5/c14-5-8-7(15)3-9(18-8)13-4-6-1-2-17-10(6)12-11(13)16/h4,7-9,14-15H,1-3,5H2/t7-,8+,9+/m1/s1. The van der Waals surface area contributed by atoms with Crippen LogP contribution < -0.4 is 10.4 Å². The predicted octanol–water partition coefficient (Wildman–Crippen LogP) is -1.18. The van der Waals surface area contributed by atoms with E-state index in [4.69, 9.17) is 14.6 Å². The third kappa shape index (κ3) is 1.80.